The molecule has 2 rings (SSSR count). The highest BCUT2D eigenvalue weighted by Gasteiger charge is 2.18. The molecule has 132 valence electrons. The smallest absolute Gasteiger partial charge is 0.294 e. The quantitative estimate of drug-likeness (QED) is 0.400. The van der Waals surface area contributed by atoms with E-state index in [1.165, 1.54) is 29.5 Å². The molecule has 0 fully saturated rings. The van der Waals surface area contributed by atoms with Crippen LogP contribution in [-0.2, 0) is 11.3 Å². The van der Waals surface area contributed by atoms with Gasteiger partial charge in [-0.1, -0.05) is 29.3 Å². The van der Waals surface area contributed by atoms with Crippen molar-refractivity contribution >= 4 is 51.8 Å². The van der Waals surface area contributed by atoms with Gasteiger partial charge in [0.15, 0.2) is 0 Å². The summed E-state index contributed by atoms with van der Waals surface area (Å²) in [5.41, 5.74) is -0.140. The summed E-state index contributed by atoms with van der Waals surface area (Å²) in [6.07, 6.45) is 1.69. The van der Waals surface area contributed by atoms with Gasteiger partial charge in [0, 0.05) is 29.1 Å². The molecule has 0 aliphatic carbocycles. The second-order valence-corrected chi connectivity index (χ2v) is 7.37. The van der Waals surface area contributed by atoms with E-state index in [4.69, 9.17) is 23.2 Å². The molecule has 0 saturated carbocycles. The van der Waals surface area contributed by atoms with Crippen LogP contribution >= 0.6 is 34.5 Å². The third-order valence-electron chi connectivity index (χ3n) is 3.19. The summed E-state index contributed by atoms with van der Waals surface area (Å²) in [4.78, 5) is 25.7. The van der Waals surface area contributed by atoms with Crippen LogP contribution in [0, 0.1) is 10.1 Å². The van der Waals surface area contributed by atoms with Crippen molar-refractivity contribution in [3.63, 3.8) is 0 Å². The fraction of sp³-hybridized carbons (Fsp3) is 0.188. The van der Waals surface area contributed by atoms with Crippen LogP contribution in [-0.4, -0.2) is 28.8 Å². The van der Waals surface area contributed by atoms with E-state index in [1.807, 2.05) is 11.0 Å². The Labute approximate surface area is 158 Å². The number of hydrogen-bond acceptors (Lipinski definition) is 5. The highest BCUT2D eigenvalue weighted by atomic mass is 35.5. The van der Waals surface area contributed by atoms with Crippen molar-refractivity contribution in [1.82, 2.24) is 4.90 Å². The molecule has 0 aliphatic heterocycles. The van der Waals surface area contributed by atoms with Gasteiger partial charge < -0.3 is 5.32 Å². The molecular weight excluding hydrogens is 385 g/mol. The van der Waals surface area contributed by atoms with Gasteiger partial charge in [0.05, 0.1) is 15.8 Å². The predicted molar refractivity (Wildman–Crippen MR) is 102 cm³/mol. The second-order valence-electron chi connectivity index (χ2n) is 5.13. The van der Waals surface area contributed by atoms with Crippen molar-refractivity contribution in [1.29, 1.82) is 0 Å². The molecule has 1 heterocycles. The first kappa shape index (κ1) is 19.4. The molecule has 1 amide bonds. The Hall–Kier alpha value is -1.93. The number of amides is 1. The lowest BCUT2D eigenvalue weighted by molar-refractivity contribution is -0.383. The van der Waals surface area contributed by atoms with Crippen LogP contribution in [0.15, 0.2) is 43.0 Å². The van der Waals surface area contributed by atoms with Gasteiger partial charge in [0.2, 0.25) is 5.91 Å². The fourth-order valence-electron chi connectivity index (χ4n) is 2.18. The van der Waals surface area contributed by atoms with Crippen LogP contribution in [0.2, 0.25) is 9.36 Å². The van der Waals surface area contributed by atoms with Crippen LogP contribution in [0.4, 0.5) is 11.4 Å². The average molecular weight is 400 g/mol. The van der Waals surface area contributed by atoms with Crippen molar-refractivity contribution in [3.8, 4) is 0 Å². The van der Waals surface area contributed by atoms with Crippen molar-refractivity contribution in [2.24, 2.45) is 0 Å². The van der Waals surface area contributed by atoms with E-state index in [0.29, 0.717) is 17.4 Å². The third kappa shape index (κ3) is 5.82. The third-order valence-corrected chi connectivity index (χ3v) is 4.64. The topological polar surface area (TPSA) is 75.5 Å². The molecule has 0 saturated heterocycles. The van der Waals surface area contributed by atoms with E-state index in [2.05, 4.69) is 11.9 Å². The molecule has 0 unspecified atom stereocenters. The number of nitrogens with zero attached hydrogens (tertiary/aromatic N) is 2. The molecule has 25 heavy (non-hydrogen) atoms. The molecule has 0 spiro atoms. The van der Waals surface area contributed by atoms with Gasteiger partial charge in [-0.3, -0.25) is 19.8 Å². The molecule has 1 aromatic heterocycles. The zero-order valence-corrected chi connectivity index (χ0v) is 15.4. The largest absolute Gasteiger partial charge is 0.319 e. The number of benzene rings is 1. The van der Waals surface area contributed by atoms with Crippen LogP contribution in [0.1, 0.15) is 4.88 Å². The molecule has 9 heteroatoms. The lowest BCUT2D eigenvalue weighted by Gasteiger charge is -2.19. The van der Waals surface area contributed by atoms with Crippen molar-refractivity contribution in [2.45, 2.75) is 6.54 Å². The Kier molecular flexibility index (Phi) is 6.95. The van der Waals surface area contributed by atoms with Crippen LogP contribution in [0.3, 0.4) is 0 Å². The van der Waals surface area contributed by atoms with Gasteiger partial charge >= 0.3 is 0 Å². The summed E-state index contributed by atoms with van der Waals surface area (Å²) in [5.74, 6) is -0.366. The number of nitrogens with one attached hydrogen (secondary N) is 1. The van der Waals surface area contributed by atoms with E-state index < -0.39 is 4.92 Å². The standard InChI is InChI=1S/C16H15Cl2N3O3S/c1-2-7-20(9-12-4-6-15(18)25-12)10-16(22)19-13-5-3-11(17)8-14(13)21(23)24/h2-6,8H,1,7,9-10H2,(H,19,22). The Balaban J connectivity index is 2.06. The molecule has 2 aromatic rings. The normalized spacial score (nSPS) is 10.7. The number of halogens is 2. The van der Waals surface area contributed by atoms with Crippen molar-refractivity contribution in [3.05, 3.63) is 67.3 Å². The number of anilines is 1. The van der Waals surface area contributed by atoms with Gasteiger partial charge in [0.25, 0.3) is 5.69 Å². The van der Waals surface area contributed by atoms with E-state index in [9.17, 15) is 14.9 Å². The highest BCUT2D eigenvalue weighted by Crippen LogP contribution is 2.28. The lowest BCUT2D eigenvalue weighted by Crippen LogP contribution is -2.33. The van der Waals surface area contributed by atoms with Crippen LogP contribution in [0.5, 0.6) is 0 Å². The maximum atomic E-state index is 12.3. The van der Waals surface area contributed by atoms with Gasteiger partial charge in [-0.05, 0) is 24.3 Å². The molecule has 0 radical (unpaired) electrons. The molecular formula is C16H15Cl2N3O3S. The van der Waals surface area contributed by atoms with Crippen LogP contribution < -0.4 is 5.32 Å². The SMILES string of the molecule is C=CCN(CC(=O)Nc1ccc(Cl)cc1[N+](=O)[O-])Cc1ccc(Cl)s1. The number of thiophene rings is 1. The summed E-state index contributed by atoms with van der Waals surface area (Å²) >= 11 is 13.1. The number of carbonyl (C=O) groups is 1. The van der Waals surface area contributed by atoms with Gasteiger partial charge in [-0.15, -0.1) is 17.9 Å². The summed E-state index contributed by atoms with van der Waals surface area (Å²) in [6, 6.07) is 7.79. The maximum absolute atomic E-state index is 12.3. The summed E-state index contributed by atoms with van der Waals surface area (Å²) < 4.78 is 0.676. The van der Waals surface area contributed by atoms with E-state index in [0.717, 1.165) is 4.88 Å². The number of rotatable bonds is 8. The number of hydrogen-bond donors (Lipinski definition) is 1. The molecule has 6 nitrogen and oxygen atoms in total. The second kappa shape index (κ2) is 8.96. The van der Waals surface area contributed by atoms with E-state index in [-0.39, 0.29) is 28.8 Å². The predicted octanol–water partition coefficient (Wildman–Crippen LogP) is 4.59. The van der Waals surface area contributed by atoms with Crippen molar-refractivity contribution < 1.29 is 9.72 Å². The van der Waals surface area contributed by atoms with Gasteiger partial charge in [0.1, 0.15) is 5.69 Å². The zero-order chi connectivity index (χ0) is 18.4. The van der Waals surface area contributed by atoms with E-state index in [1.54, 1.807) is 12.1 Å². The molecule has 0 bridgehead atoms. The average Bonchev–Trinajstić information content (AvgIpc) is 2.94. The Morgan fingerprint density at radius 1 is 1.36 bits per heavy atom. The molecule has 1 N–H and O–H groups in total. The minimum absolute atomic E-state index is 0.0569. The monoisotopic (exact) mass is 399 g/mol. The number of nitro benzene ring substituents is 1. The minimum Gasteiger partial charge on any atom is -0.319 e. The van der Waals surface area contributed by atoms with Crippen LogP contribution in [0.25, 0.3) is 0 Å². The van der Waals surface area contributed by atoms with Gasteiger partial charge in [-0.25, -0.2) is 0 Å². The molecule has 1 aromatic carbocycles. The highest BCUT2D eigenvalue weighted by molar-refractivity contribution is 7.16. The fourth-order valence-corrected chi connectivity index (χ4v) is 3.48. The van der Waals surface area contributed by atoms with Gasteiger partial charge in [-0.2, -0.15) is 0 Å². The van der Waals surface area contributed by atoms with Crippen molar-refractivity contribution in [2.75, 3.05) is 18.4 Å². The first-order valence-electron chi connectivity index (χ1n) is 7.20. The summed E-state index contributed by atoms with van der Waals surface area (Å²) in [6.45, 7) is 4.76. The maximum Gasteiger partial charge on any atom is 0.294 e. The Morgan fingerprint density at radius 2 is 2.12 bits per heavy atom. The van der Waals surface area contributed by atoms with E-state index >= 15 is 0 Å². The Morgan fingerprint density at radius 3 is 2.72 bits per heavy atom. The Bertz CT molecular complexity index is 795. The summed E-state index contributed by atoms with van der Waals surface area (Å²) in [7, 11) is 0. The molecule has 0 atom stereocenters. The number of nitro groups is 1. The zero-order valence-electron chi connectivity index (χ0n) is 13.1. The number of carbonyl (C=O) groups excluding carboxylic acids is 1. The minimum atomic E-state index is -0.587. The molecule has 0 aliphatic rings. The first-order valence-corrected chi connectivity index (χ1v) is 8.77. The first-order chi connectivity index (χ1) is 11.9. The summed E-state index contributed by atoms with van der Waals surface area (Å²) in [5, 5.41) is 13.9. The lowest BCUT2D eigenvalue weighted by atomic mass is 10.2.